The van der Waals surface area contributed by atoms with Crippen molar-refractivity contribution >= 4 is 21.8 Å². The summed E-state index contributed by atoms with van der Waals surface area (Å²) in [6.07, 6.45) is 6.07. The van der Waals surface area contributed by atoms with Crippen LogP contribution in [0.5, 0.6) is 0 Å². The van der Waals surface area contributed by atoms with Gasteiger partial charge in [0.1, 0.15) is 0 Å². The fourth-order valence-corrected chi connectivity index (χ4v) is 3.54. The van der Waals surface area contributed by atoms with Crippen molar-refractivity contribution in [2.45, 2.75) is 52.0 Å². The van der Waals surface area contributed by atoms with Gasteiger partial charge in [0.15, 0.2) is 0 Å². The minimum absolute atomic E-state index is 0.139. The predicted octanol–water partition coefficient (Wildman–Crippen LogP) is 4.80. The average Bonchev–Trinajstić information content (AvgIpc) is 2.48. The lowest BCUT2D eigenvalue weighted by Crippen LogP contribution is -2.39. The molecule has 1 aromatic carbocycles. The summed E-state index contributed by atoms with van der Waals surface area (Å²) in [5, 5.41) is 0. The minimum atomic E-state index is 0.139. The summed E-state index contributed by atoms with van der Waals surface area (Å²) >= 11 is 3.55. The van der Waals surface area contributed by atoms with Crippen LogP contribution in [0.4, 0.5) is 0 Å². The number of benzene rings is 1. The average molecular weight is 338 g/mol. The van der Waals surface area contributed by atoms with E-state index in [4.69, 9.17) is 0 Å². The maximum Gasteiger partial charge on any atom is 0.254 e. The molecular weight excluding hydrogens is 314 g/mol. The molecule has 0 aliphatic heterocycles. The van der Waals surface area contributed by atoms with Gasteiger partial charge in [0, 0.05) is 17.6 Å². The lowest BCUT2D eigenvalue weighted by Gasteiger charge is -2.34. The second-order valence-electron chi connectivity index (χ2n) is 5.94. The van der Waals surface area contributed by atoms with Gasteiger partial charge < -0.3 is 4.90 Å². The first-order chi connectivity index (χ1) is 9.54. The van der Waals surface area contributed by atoms with E-state index in [-0.39, 0.29) is 5.91 Å². The number of amides is 1. The zero-order valence-corrected chi connectivity index (χ0v) is 14.2. The summed E-state index contributed by atoms with van der Waals surface area (Å²) in [5.74, 6) is 1.00. The van der Waals surface area contributed by atoms with Gasteiger partial charge in [-0.2, -0.15) is 0 Å². The molecule has 0 aromatic heterocycles. The van der Waals surface area contributed by atoms with Crippen LogP contribution in [-0.4, -0.2) is 23.9 Å². The van der Waals surface area contributed by atoms with Gasteiger partial charge in [-0.15, -0.1) is 0 Å². The van der Waals surface area contributed by atoms with Crippen LogP contribution in [0.3, 0.4) is 0 Å². The van der Waals surface area contributed by atoms with Gasteiger partial charge in [0.2, 0.25) is 0 Å². The van der Waals surface area contributed by atoms with Crippen LogP contribution in [0.15, 0.2) is 22.7 Å². The van der Waals surface area contributed by atoms with E-state index in [1.807, 2.05) is 37.1 Å². The lowest BCUT2D eigenvalue weighted by atomic mass is 9.84. The van der Waals surface area contributed by atoms with Crippen molar-refractivity contribution in [1.82, 2.24) is 4.90 Å². The molecule has 2 nitrogen and oxygen atoms in total. The monoisotopic (exact) mass is 337 g/mol. The number of nitrogens with zero attached hydrogens (tertiary/aromatic N) is 1. The van der Waals surface area contributed by atoms with E-state index in [0.29, 0.717) is 6.04 Å². The minimum Gasteiger partial charge on any atom is -0.339 e. The number of carbonyl (C=O) groups excluding carboxylic acids is 1. The molecule has 1 amide bonds. The summed E-state index contributed by atoms with van der Waals surface area (Å²) < 4.78 is 0.930. The fourth-order valence-electron chi connectivity index (χ4n) is 3.11. The number of hydrogen-bond donors (Lipinski definition) is 0. The Bertz CT molecular complexity index is 478. The molecule has 0 spiro atoms. The van der Waals surface area contributed by atoms with Gasteiger partial charge in [0.05, 0.1) is 5.56 Å². The molecule has 3 heteroatoms. The highest BCUT2D eigenvalue weighted by Gasteiger charge is 2.27. The zero-order chi connectivity index (χ0) is 14.7. The molecule has 20 heavy (non-hydrogen) atoms. The molecule has 0 unspecified atom stereocenters. The van der Waals surface area contributed by atoms with Crippen molar-refractivity contribution in [3.8, 4) is 0 Å². The third-order valence-electron chi connectivity index (χ3n) is 4.68. The van der Waals surface area contributed by atoms with Crippen LogP contribution in [-0.2, 0) is 0 Å². The van der Waals surface area contributed by atoms with Crippen molar-refractivity contribution in [3.05, 3.63) is 33.8 Å². The first kappa shape index (κ1) is 15.6. The van der Waals surface area contributed by atoms with E-state index < -0.39 is 0 Å². The Morgan fingerprint density at radius 1 is 1.30 bits per heavy atom. The highest BCUT2D eigenvalue weighted by atomic mass is 79.9. The van der Waals surface area contributed by atoms with Gasteiger partial charge in [0.25, 0.3) is 5.91 Å². The highest BCUT2D eigenvalue weighted by molar-refractivity contribution is 9.10. The van der Waals surface area contributed by atoms with Gasteiger partial charge in [-0.05, 0) is 66.1 Å². The smallest absolute Gasteiger partial charge is 0.254 e. The van der Waals surface area contributed by atoms with Crippen molar-refractivity contribution in [2.75, 3.05) is 7.05 Å². The van der Waals surface area contributed by atoms with Crippen LogP contribution in [0, 0.1) is 12.8 Å². The zero-order valence-electron chi connectivity index (χ0n) is 12.7. The van der Waals surface area contributed by atoms with Crippen molar-refractivity contribution in [3.63, 3.8) is 0 Å². The molecule has 0 heterocycles. The Kier molecular flexibility index (Phi) is 5.25. The summed E-state index contributed by atoms with van der Waals surface area (Å²) in [6, 6.07) is 6.29. The molecule has 0 atom stereocenters. The number of hydrogen-bond acceptors (Lipinski definition) is 1. The molecule has 0 bridgehead atoms. The lowest BCUT2D eigenvalue weighted by molar-refractivity contribution is 0.0673. The first-order valence-electron chi connectivity index (χ1n) is 7.56. The number of carbonyl (C=O) groups is 1. The fraction of sp³-hybridized carbons (Fsp3) is 0.588. The Balaban J connectivity index is 2.07. The molecule has 110 valence electrons. The second-order valence-corrected chi connectivity index (χ2v) is 6.73. The van der Waals surface area contributed by atoms with E-state index in [9.17, 15) is 4.79 Å². The molecule has 1 aliphatic carbocycles. The summed E-state index contributed by atoms with van der Waals surface area (Å²) in [6.45, 7) is 4.29. The SMILES string of the molecule is CCC1CCC(N(C)C(=O)c2cccc(C)c2Br)CC1. The number of rotatable bonds is 3. The van der Waals surface area contributed by atoms with Crippen molar-refractivity contribution in [1.29, 1.82) is 0 Å². The molecule has 1 fully saturated rings. The third kappa shape index (κ3) is 3.25. The molecule has 1 aliphatic rings. The Hall–Kier alpha value is -0.830. The molecule has 0 radical (unpaired) electrons. The normalized spacial score (nSPS) is 22.6. The molecular formula is C17H24BrNO. The summed E-state index contributed by atoms with van der Waals surface area (Å²) in [7, 11) is 1.95. The molecule has 0 N–H and O–H groups in total. The maximum absolute atomic E-state index is 12.7. The van der Waals surface area contributed by atoms with Crippen molar-refractivity contribution in [2.24, 2.45) is 5.92 Å². The van der Waals surface area contributed by atoms with Crippen LogP contribution >= 0.6 is 15.9 Å². The molecule has 2 rings (SSSR count). The van der Waals surface area contributed by atoms with E-state index in [1.165, 1.54) is 19.3 Å². The molecule has 1 saturated carbocycles. The van der Waals surface area contributed by atoms with Crippen LogP contribution < -0.4 is 0 Å². The summed E-state index contributed by atoms with van der Waals surface area (Å²) in [5.41, 5.74) is 1.89. The first-order valence-corrected chi connectivity index (χ1v) is 8.36. The molecule has 0 saturated heterocycles. The topological polar surface area (TPSA) is 20.3 Å². The van der Waals surface area contributed by atoms with E-state index in [1.54, 1.807) is 0 Å². The standard InChI is InChI=1S/C17H24BrNO/c1-4-13-8-10-14(11-9-13)19(3)17(20)15-7-5-6-12(2)16(15)18/h5-7,13-14H,4,8-11H2,1-3H3. The van der Waals surface area contributed by atoms with Crippen LogP contribution in [0.2, 0.25) is 0 Å². The van der Waals surface area contributed by atoms with E-state index in [2.05, 4.69) is 22.9 Å². The van der Waals surface area contributed by atoms with Gasteiger partial charge >= 0.3 is 0 Å². The Labute approximate surface area is 130 Å². The van der Waals surface area contributed by atoms with Gasteiger partial charge in [-0.3, -0.25) is 4.79 Å². The highest BCUT2D eigenvalue weighted by Crippen LogP contribution is 2.30. The third-order valence-corrected chi connectivity index (χ3v) is 5.74. The van der Waals surface area contributed by atoms with Gasteiger partial charge in [-0.1, -0.05) is 25.5 Å². The van der Waals surface area contributed by atoms with Crippen LogP contribution in [0.1, 0.15) is 54.9 Å². The Morgan fingerprint density at radius 2 is 1.95 bits per heavy atom. The quantitative estimate of drug-likeness (QED) is 0.775. The maximum atomic E-state index is 12.7. The van der Waals surface area contributed by atoms with Crippen LogP contribution in [0.25, 0.3) is 0 Å². The van der Waals surface area contributed by atoms with Crippen molar-refractivity contribution < 1.29 is 4.79 Å². The van der Waals surface area contributed by atoms with Gasteiger partial charge in [-0.25, -0.2) is 0 Å². The summed E-state index contributed by atoms with van der Waals surface area (Å²) in [4.78, 5) is 14.6. The largest absolute Gasteiger partial charge is 0.339 e. The number of aryl methyl sites for hydroxylation is 1. The number of halogens is 1. The van der Waals surface area contributed by atoms with E-state index >= 15 is 0 Å². The Morgan fingerprint density at radius 3 is 2.55 bits per heavy atom. The molecule has 1 aromatic rings. The predicted molar refractivity (Wildman–Crippen MR) is 87.0 cm³/mol. The van der Waals surface area contributed by atoms with E-state index in [0.717, 1.165) is 34.4 Å². The second kappa shape index (κ2) is 6.75.